The zero-order chi connectivity index (χ0) is 15.2. The average Bonchev–Trinajstić information content (AvgIpc) is 2.88. The van der Waals surface area contributed by atoms with Gasteiger partial charge in [0.15, 0.2) is 0 Å². The summed E-state index contributed by atoms with van der Waals surface area (Å²) in [6.07, 6.45) is 3.92. The molecular formula is C14H26N4O3. The van der Waals surface area contributed by atoms with Crippen LogP contribution in [0.3, 0.4) is 0 Å². The molecule has 1 heterocycles. The molecule has 7 nitrogen and oxygen atoms in total. The van der Waals surface area contributed by atoms with Crippen molar-refractivity contribution >= 4 is 11.8 Å². The van der Waals surface area contributed by atoms with Crippen molar-refractivity contribution in [2.24, 2.45) is 5.73 Å². The lowest BCUT2D eigenvalue weighted by atomic mass is 9.91. The van der Waals surface area contributed by atoms with Crippen LogP contribution in [0.1, 0.15) is 38.5 Å². The van der Waals surface area contributed by atoms with Crippen molar-refractivity contribution in [3.05, 3.63) is 0 Å². The summed E-state index contributed by atoms with van der Waals surface area (Å²) in [5.41, 5.74) is 5.35. The van der Waals surface area contributed by atoms with Crippen molar-refractivity contribution in [1.29, 1.82) is 0 Å². The van der Waals surface area contributed by atoms with E-state index in [9.17, 15) is 14.7 Å². The maximum atomic E-state index is 12.0. The fraction of sp³-hybridized carbons (Fsp3) is 0.857. The zero-order valence-corrected chi connectivity index (χ0v) is 12.3. The molecule has 6 N–H and O–H groups in total. The van der Waals surface area contributed by atoms with Gasteiger partial charge in [0.1, 0.15) is 0 Å². The van der Waals surface area contributed by atoms with Crippen molar-refractivity contribution in [2.45, 2.75) is 62.8 Å². The van der Waals surface area contributed by atoms with Gasteiger partial charge in [0.2, 0.25) is 11.8 Å². The molecule has 2 aliphatic rings. The van der Waals surface area contributed by atoms with Gasteiger partial charge in [0.25, 0.3) is 0 Å². The number of nitrogens with two attached hydrogens (primary N) is 1. The highest BCUT2D eigenvalue weighted by Crippen LogP contribution is 2.19. The van der Waals surface area contributed by atoms with Gasteiger partial charge in [-0.15, -0.1) is 0 Å². The Morgan fingerprint density at radius 2 is 1.76 bits per heavy atom. The Balaban J connectivity index is 1.67. The number of β-amino-alcohol motifs (C(OH)–C–C–N with tert-alkyl or cyclic N) is 1. The van der Waals surface area contributed by atoms with E-state index in [2.05, 4.69) is 16.0 Å². The number of hydrogen-bond donors (Lipinski definition) is 5. The van der Waals surface area contributed by atoms with Gasteiger partial charge in [-0.05, 0) is 32.1 Å². The minimum Gasteiger partial charge on any atom is -0.392 e. The van der Waals surface area contributed by atoms with Crippen LogP contribution < -0.4 is 21.7 Å². The number of carbonyl (C=O) groups excluding carboxylic acids is 2. The molecule has 2 atom stereocenters. The van der Waals surface area contributed by atoms with Crippen molar-refractivity contribution in [3.8, 4) is 0 Å². The van der Waals surface area contributed by atoms with Gasteiger partial charge in [-0.3, -0.25) is 9.59 Å². The first-order chi connectivity index (χ1) is 10.1. The first-order valence-electron chi connectivity index (χ1n) is 7.79. The summed E-state index contributed by atoms with van der Waals surface area (Å²) in [6, 6.07) is 0.0883. The highest BCUT2D eigenvalue weighted by atomic mass is 16.3. The van der Waals surface area contributed by atoms with Crippen molar-refractivity contribution < 1.29 is 14.7 Å². The van der Waals surface area contributed by atoms with Gasteiger partial charge in [0, 0.05) is 31.6 Å². The molecule has 21 heavy (non-hydrogen) atoms. The third kappa shape index (κ3) is 4.94. The van der Waals surface area contributed by atoms with Crippen LogP contribution in [0, 0.1) is 0 Å². The Morgan fingerprint density at radius 1 is 1.14 bits per heavy atom. The van der Waals surface area contributed by atoms with E-state index in [1.165, 1.54) is 0 Å². The van der Waals surface area contributed by atoms with Gasteiger partial charge in [-0.1, -0.05) is 0 Å². The van der Waals surface area contributed by atoms with Crippen molar-refractivity contribution in [2.75, 3.05) is 13.1 Å². The summed E-state index contributed by atoms with van der Waals surface area (Å²) in [7, 11) is 0. The van der Waals surface area contributed by atoms with Crippen LogP contribution in [-0.4, -0.2) is 54.2 Å². The molecule has 120 valence electrons. The fourth-order valence-electron chi connectivity index (χ4n) is 3.03. The van der Waals surface area contributed by atoms with E-state index in [-0.39, 0.29) is 29.9 Å². The van der Waals surface area contributed by atoms with Gasteiger partial charge in [-0.25, -0.2) is 0 Å². The monoisotopic (exact) mass is 298 g/mol. The van der Waals surface area contributed by atoms with E-state index in [1.807, 2.05) is 0 Å². The third-order valence-electron chi connectivity index (χ3n) is 4.23. The van der Waals surface area contributed by atoms with Crippen LogP contribution in [0.2, 0.25) is 0 Å². The molecule has 0 radical (unpaired) electrons. The topological polar surface area (TPSA) is 116 Å². The van der Waals surface area contributed by atoms with E-state index < -0.39 is 6.10 Å². The van der Waals surface area contributed by atoms with Crippen LogP contribution in [0.5, 0.6) is 0 Å². The second-order valence-electron chi connectivity index (χ2n) is 6.01. The Bertz CT molecular complexity index is 369. The standard InChI is InChI=1S/C14H26N4O3/c15-6-5-13(20)17-9-1-3-10(4-2-9)18-14(21)12-7-11(19)8-16-12/h9-12,16,19H,1-8,15H2,(H,17,20)(H,18,21)/t9-,10-,11-,12+/m0/s1. The van der Waals surface area contributed by atoms with E-state index in [4.69, 9.17) is 5.73 Å². The normalized spacial score (nSPS) is 32.7. The quantitative estimate of drug-likeness (QED) is 0.428. The van der Waals surface area contributed by atoms with Crippen LogP contribution in [0.15, 0.2) is 0 Å². The van der Waals surface area contributed by atoms with Crippen molar-refractivity contribution in [1.82, 2.24) is 16.0 Å². The molecule has 0 bridgehead atoms. The van der Waals surface area contributed by atoms with E-state index >= 15 is 0 Å². The minimum absolute atomic E-state index is 0.00845. The van der Waals surface area contributed by atoms with Crippen LogP contribution in [0.4, 0.5) is 0 Å². The molecule has 2 rings (SSSR count). The Morgan fingerprint density at radius 3 is 2.29 bits per heavy atom. The fourth-order valence-corrected chi connectivity index (χ4v) is 3.03. The van der Waals surface area contributed by atoms with Crippen molar-refractivity contribution in [3.63, 3.8) is 0 Å². The molecular weight excluding hydrogens is 272 g/mol. The number of amides is 2. The van der Waals surface area contributed by atoms with Gasteiger partial charge in [0.05, 0.1) is 12.1 Å². The molecule has 2 amide bonds. The Kier molecular flexibility index (Phi) is 5.96. The molecule has 0 unspecified atom stereocenters. The highest BCUT2D eigenvalue weighted by molar-refractivity contribution is 5.82. The molecule has 1 saturated carbocycles. The lowest BCUT2D eigenvalue weighted by Gasteiger charge is -2.30. The van der Waals surface area contributed by atoms with Gasteiger partial charge >= 0.3 is 0 Å². The maximum absolute atomic E-state index is 12.0. The third-order valence-corrected chi connectivity index (χ3v) is 4.23. The smallest absolute Gasteiger partial charge is 0.237 e. The summed E-state index contributed by atoms with van der Waals surface area (Å²) in [5.74, 6) is -0.0173. The molecule has 0 aromatic rings. The second-order valence-corrected chi connectivity index (χ2v) is 6.01. The van der Waals surface area contributed by atoms with Gasteiger partial charge < -0.3 is 26.8 Å². The number of rotatable bonds is 5. The van der Waals surface area contributed by atoms with E-state index in [1.54, 1.807) is 0 Å². The van der Waals surface area contributed by atoms with Crippen LogP contribution in [0.25, 0.3) is 0 Å². The zero-order valence-electron chi connectivity index (χ0n) is 12.3. The summed E-state index contributed by atoms with van der Waals surface area (Å²) >= 11 is 0. The predicted octanol–water partition coefficient (Wildman–Crippen LogP) is -1.40. The summed E-state index contributed by atoms with van der Waals surface area (Å²) in [5, 5.41) is 18.5. The van der Waals surface area contributed by atoms with E-state index in [0.29, 0.717) is 25.9 Å². The number of hydrogen-bond acceptors (Lipinski definition) is 5. The SMILES string of the molecule is NCCC(=O)N[C@H]1CC[C@H](NC(=O)[C@H]2C[C@H](O)CN2)CC1. The summed E-state index contributed by atoms with van der Waals surface area (Å²) in [6.45, 7) is 0.857. The first-order valence-corrected chi connectivity index (χ1v) is 7.79. The van der Waals surface area contributed by atoms with Crippen LogP contribution in [-0.2, 0) is 9.59 Å². The molecule has 0 aromatic heterocycles. The Labute approximate surface area is 125 Å². The number of aliphatic hydroxyl groups excluding tert-OH is 1. The molecule has 7 heteroatoms. The lowest BCUT2D eigenvalue weighted by Crippen LogP contribution is -2.48. The molecule has 0 aromatic carbocycles. The number of nitrogens with one attached hydrogen (secondary N) is 3. The van der Waals surface area contributed by atoms with Gasteiger partial charge in [-0.2, -0.15) is 0 Å². The largest absolute Gasteiger partial charge is 0.392 e. The molecule has 2 fully saturated rings. The number of aliphatic hydroxyl groups is 1. The molecule has 0 spiro atoms. The molecule has 1 saturated heterocycles. The lowest BCUT2D eigenvalue weighted by molar-refractivity contribution is -0.124. The molecule has 1 aliphatic carbocycles. The van der Waals surface area contributed by atoms with E-state index in [0.717, 1.165) is 25.7 Å². The first kappa shape index (κ1) is 16.2. The van der Waals surface area contributed by atoms with Crippen LogP contribution >= 0.6 is 0 Å². The molecule has 1 aliphatic heterocycles. The second kappa shape index (κ2) is 7.72. The summed E-state index contributed by atoms with van der Waals surface area (Å²) in [4.78, 5) is 23.5. The Hall–Kier alpha value is -1.18. The minimum atomic E-state index is -0.422. The number of carbonyl (C=O) groups is 2. The highest BCUT2D eigenvalue weighted by Gasteiger charge is 2.30. The maximum Gasteiger partial charge on any atom is 0.237 e. The predicted molar refractivity (Wildman–Crippen MR) is 78.4 cm³/mol. The average molecular weight is 298 g/mol. The summed E-state index contributed by atoms with van der Waals surface area (Å²) < 4.78 is 0.